The zero-order valence-corrected chi connectivity index (χ0v) is 18.1. The van der Waals surface area contributed by atoms with Crippen LogP contribution in [-0.2, 0) is 11.3 Å². The Balaban J connectivity index is 1.43. The molecule has 2 saturated carbocycles. The van der Waals surface area contributed by atoms with Crippen LogP contribution in [-0.4, -0.2) is 40.0 Å². The van der Waals surface area contributed by atoms with Gasteiger partial charge in [0.2, 0.25) is 5.91 Å². The van der Waals surface area contributed by atoms with E-state index in [2.05, 4.69) is 10.5 Å². The van der Waals surface area contributed by atoms with Crippen molar-refractivity contribution in [3.63, 3.8) is 0 Å². The molecule has 1 atom stereocenters. The van der Waals surface area contributed by atoms with E-state index in [0.29, 0.717) is 24.6 Å². The molecule has 2 aliphatic rings. The number of aromatic nitrogens is 1. The molecule has 1 heterocycles. The third kappa shape index (κ3) is 5.73. The third-order valence-electron chi connectivity index (χ3n) is 6.19. The first kappa shape index (κ1) is 21.6. The number of hydrogen-bond donors (Lipinski definition) is 2. The van der Waals surface area contributed by atoms with Gasteiger partial charge in [-0.15, -0.1) is 0 Å². The molecule has 1 aromatic carbocycles. The molecular formula is C24H32N4O3. The Hall–Kier alpha value is -2.67. The number of amides is 2. The van der Waals surface area contributed by atoms with Crippen LogP contribution in [0.25, 0.3) is 0 Å². The van der Waals surface area contributed by atoms with Crippen molar-refractivity contribution in [1.82, 2.24) is 15.4 Å². The number of benzene rings is 1. The SMILES string of the molecule is C[C@H](N)CC(=O)N[C@H]1CC[C@H](N(Cc2ccccc2)C(=O)c2cc(C3CC3)on2)CC1. The van der Waals surface area contributed by atoms with Gasteiger partial charge in [-0.25, -0.2) is 0 Å². The predicted molar refractivity (Wildman–Crippen MR) is 117 cm³/mol. The molecule has 31 heavy (non-hydrogen) atoms. The van der Waals surface area contributed by atoms with Crippen LogP contribution >= 0.6 is 0 Å². The standard InChI is InChI=1S/C24H32N4O3/c1-16(25)13-23(29)26-19-9-11-20(12-10-19)28(15-17-5-3-2-4-6-17)24(30)21-14-22(31-27-21)18-7-8-18/h2-6,14,16,18-20H,7-13,15,25H2,1H3,(H,26,29)/t16-,19-,20-/m0/s1. The van der Waals surface area contributed by atoms with E-state index in [-0.39, 0.29) is 29.9 Å². The molecule has 0 unspecified atom stereocenters. The Kier molecular flexibility index (Phi) is 6.70. The van der Waals surface area contributed by atoms with Crippen LogP contribution in [0, 0.1) is 0 Å². The Labute approximate surface area is 183 Å². The lowest BCUT2D eigenvalue weighted by Crippen LogP contribution is -2.46. The maximum absolute atomic E-state index is 13.4. The summed E-state index contributed by atoms with van der Waals surface area (Å²) in [6.45, 7) is 2.37. The molecule has 2 fully saturated rings. The number of nitrogens with zero attached hydrogens (tertiary/aromatic N) is 2. The predicted octanol–water partition coefficient (Wildman–Crippen LogP) is 3.36. The molecule has 2 aromatic rings. The number of carbonyl (C=O) groups excluding carboxylic acids is 2. The minimum absolute atomic E-state index is 0.00544. The summed E-state index contributed by atoms with van der Waals surface area (Å²) in [6.07, 6.45) is 5.93. The quantitative estimate of drug-likeness (QED) is 0.677. The summed E-state index contributed by atoms with van der Waals surface area (Å²) in [4.78, 5) is 27.4. The second-order valence-electron chi connectivity index (χ2n) is 9.06. The lowest BCUT2D eigenvalue weighted by atomic mass is 9.89. The van der Waals surface area contributed by atoms with Gasteiger partial charge < -0.3 is 20.5 Å². The van der Waals surface area contributed by atoms with Crippen molar-refractivity contribution in [1.29, 1.82) is 0 Å². The number of rotatable bonds is 8. The molecule has 0 bridgehead atoms. The lowest BCUT2D eigenvalue weighted by Gasteiger charge is -2.37. The topological polar surface area (TPSA) is 101 Å². The summed E-state index contributed by atoms with van der Waals surface area (Å²) in [7, 11) is 0. The highest BCUT2D eigenvalue weighted by atomic mass is 16.5. The van der Waals surface area contributed by atoms with Gasteiger partial charge in [0, 0.05) is 43.1 Å². The molecule has 2 aliphatic carbocycles. The summed E-state index contributed by atoms with van der Waals surface area (Å²) in [6, 6.07) is 12.0. The van der Waals surface area contributed by atoms with Gasteiger partial charge in [0.15, 0.2) is 5.69 Å². The highest BCUT2D eigenvalue weighted by Gasteiger charge is 2.33. The van der Waals surface area contributed by atoms with Crippen LogP contribution in [0.4, 0.5) is 0 Å². The lowest BCUT2D eigenvalue weighted by molar-refractivity contribution is -0.122. The van der Waals surface area contributed by atoms with Crippen LogP contribution in [0.15, 0.2) is 40.9 Å². The second-order valence-corrected chi connectivity index (χ2v) is 9.06. The normalized spacial score (nSPS) is 22.0. The van der Waals surface area contributed by atoms with Gasteiger partial charge in [-0.3, -0.25) is 9.59 Å². The molecule has 166 valence electrons. The van der Waals surface area contributed by atoms with Crippen molar-refractivity contribution in [2.45, 2.75) is 82.5 Å². The van der Waals surface area contributed by atoms with Gasteiger partial charge in [-0.1, -0.05) is 35.5 Å². The Morgan fingerprint density at radius 2 is 1.87 bits per heavy atom. The number of nitrogens with two attached hydrogens (primary N) is 1. The summed E-state index contributed by atoms with van der Waals surface area (Å²) < 4.78 is 5.43. The largest absolute Gasteiger partial charge is 0.360 e. The second kappa shape index (κ2) is 9.64. The van der Waals surface area contributed by atoms with Gasteiger partial charge in [-0.2, -0.15) is 0 Å². The van der Waals surface area contributed by atoms with Gasteiger partial charge in [0.25, 0.3) is 5.91 Å². The van der Waals surface area contributed by atoms with Crippen molar-refractivity contribution < 1.29 is 14.1 Å². The Bertz CT molecular complexity index is 883. The van der Waals surface area contributed by atoms with E-state index in [4.69, 9.17) is 10.3 Å². The number of hydrogen-bond acceptors (Lipinski definition) is 5. The van der Waals surface area contributed by atoms with Crippen molar-refractivity contribution in [2.75, 3.05) is 0 Å². The minimum Gasteiger partial charge on any atom is -0.360 e. The first-order valence-corrected chi connectivity index (χ1v) is 11.4. The molecule has 0 aliphatic heterocycles. The zero-order valence-electron chi connectivity index (χ0n) is 18.1. The van der Waals surface area contributed by atoms with Crippen molar-refractivity contribution in [3.05, 3.63) is 53.4 Å². The molecule has 0 radical (unpaired) electrons. The molecule has 7 heteroatoms. The molecule has 1 aromatic heterocycles. The third-order valence-corrected chi connectivity index (χ3v) is 6.19. The monoisotopic (exact) mass is 424 g/mol. The zero-order chi connectivity index (χ0) is 21.8. The highest BCUT2D eigenvalue weighted by Crippen LogP contribution is 2.40. The fourth-order valence-corrected chi connectivity index (χ4v) is 4.36. The van der Waals surface area contributed by atoms with Crippen LogP contribution < -0.4 is 11.1 Å². The summed E-state index contributed by atoms with van der Waals surface area (Å²) in [5.74, 6) is 1.17. The van der Waals surface area contributed by atoms with E-state index in [9.17, 15) is 9.59 Å². The molecule has 3 N–H and O–H groups in total. The average Bonchev–Trinajstić information content (AvgIpc) is 3.49. The van der Waals surface area contributed by atoms with E-state index in [1.807, 2.05) is 48.2 Å². The number of carbonyl (C=O) groups is 2. The summed E-state index contributed by atoms with van der Waals surface area (Å²) in [5, 5.41) is 7.17. The maximum Gasteiger partial charge on any atom is 0.276 e. The highest BCUT2D eigenvalue weighted by molar-refractivity contribution is 5.92. The van der Waals surface area contributed by atoms with Crippen LogP contribution in [0.1, 0.15) is 79.6 Å². The van der Waals surface area contributed by atoms with E-state index < -0.39 is 0 Å². The van der Waals surface area contributed by atoms with E-state index in [1.54, 1.807) is 0 Å². The van der Waals surface area contributed by atoms with Gasteiger partial charge in [0.1, 0.15) is 5.76 Å². The van der Waals surface area contributed by atoms with E-state index in [1.165, 1.54) is 0 Å². The Morgan fingerprint density at radius 3 is 2.52 bits per heavy atom. The molecule has 4 rings (SSSR count). The Morgan fingerprint density at radius 1 is 1.16 bits per heavy atom. The average molecular weight is 425 g/mol. The van der Waals surface area contributed by atoms with Crippen LogP contribution in [0.3, 0.4) is 0 Å². The molecular weight excluding hydrogens is 392 g/mol. The minimum atomic E-state index is -0.140. The van der Waals surface area contributed by atoms with Gasteiger partial charge >= 0.3 is 0 Å². The smallest absolute Gasteiger partial charge is 0.276 e. The summed E-state index contributed by atoms with van der Waals surface area (Å²) >= 11 is 0. The maximum atomic E-state index is 13.4. The molecule has 7 nitrogen and oxygen atoms in total. The van der Waals surface area contributed by atoms with E-state index in [0.717, 1.165) is 49.8 Å². The summed E-state index contributed by atoms with van der Waals surface area (Å²) in [5.41, 5.74) is 7.21. The molecule has 0 spiro atoms. The molecule has 2 amide bonds. The first-order valence-electron chi connectivity index (χ1n) is 11.4. The van der Waals surface area contributed by atoms with Crippen LogP contribution in [0.5, 0.6) is 0 Å². The van der Waals surface area contributed by atoms with Crippen molar-refractivity contribution in [3.8, 4) is 0 Å². The van der Waals surface area contributed by atoms with Gasteiger partial charge in [0.05, 0.1) is 0 Å². The molecule has 0 saturated heterocycles. The van der Waals surface area contributed by atoms with E-state index >= 15 is 0 Å². The van der Waals surface area contributed by atoms with Crippen molar-refractivity contribution in [2.24, 2.45) is 5.73 Å². The van der Waals surface area contributed by atoms with Crippen LogP contribution in [0.2, 0.25) is 0 Å². The number of nitrogens with one attached hydrogen (secondary N) is 1. The fourth-order valence-electron chi connectivity index (χ4n) is 4.36. The van der Waals surface area contributed by atoms with Gasteiger partial charge in [-0.05, 0) is 51.0 Å². The fraction of sp³-hybridized carbons (Fsp3) is 0.542. The first-order chi connectivity index (χ1) is 15.0. The van der Waals surface area contributed by atoms with Crippen molar-refractivity contribution >= 4 is 11.8 Å².